The van der Waals surface area contributed by atoms with Crippen molar-refractivity contribution in [3.05, 3.63) is 35.4 Å². The molecule has 1 saturated heterocycles. The summed E-state index contributed by atoms with van der Waals surface area (Å²) < 4.78 is 0. The van der Waals surface area contributed by atoms with Crippen LogP contribution >= 0.6 is 24.0 Å². The first-order chi connectivity index (χ1) is 12.1. The number of hydrogen-bond acceptors (Lipinski definition) is 3. The van der Waals surface area contributed by atoms with Crippen molar-refractivity contribution in [1.82, 2.24) is 15.5 Å². The maximum absolute atomic E-state index is 11.0. The van der Waals surface area contributed by atoms with Gasteiger partial charge < -0.3 is 16.4 Å². The summed E-state index contributed by atoms with van der Waals surface area (Å²) in [7, 11) is 1.80. The van der Waals surface area contributed by atoms with Crippen LogP contribution in [-0.2, 0) is 17.6 Å². The average molecular weight is 473 g/mol. The van der Waals surface area contributed by atoms with Crippen LogP contribution in [0.5, 0.6) is 0 Å². The number of guanidine groups is 1. The van der Waals surface area contributed by atoms with E-state index in [-0.39, 0.29) is 29.9 Å². The molecule has 1 aromatic carbocycles. The monoisotopic (exact) mass is 473 g/mol. The topological polar surface area (TPSA) is 82.8 Å². The van der Waals surface area contributed by atoms with E-state index in [1.165, 1.54) is 11.1 Å². The molecule has 0 saturated carbocycles. The van der Waals surface area contributed by atoms with Crippen molar-refractivity contribution < 1.29 is 4.79 Å². The summed E-state index contributed by atoms with van der Waals surface area (Å²) >= 11 is 0. The molecular formula is C19H32IN5O. The number of rotatable bonds is 7. The summed E-state index contributed by atoms with van der Waals surface area (Å²) in [5, 5.41) is 6.87. The molecule has 1 aliphatic heterocycles. The highest BCUT2D eigenvalue weighted by atomic mass is 127. The molecule has 1 fully saturated rings. The number of benzene rings is 1. The van der Waals surface area contributed by atoms with Crippen molar-refractivity contribution in [3.63, 3.8) is 0 Å². The molecule has 146 valence electrons. The molecule has 0 spiro atoms. The Hall–Kier alpha value is -1.35. The van der Waals surface area contributed by atoms with Crippen molar-refractivity contribution in [1.29, 1.82) is 0 Å². The Bertz CT molecular complexity index is 568. The van der Waals surface area contributed by atoms with E-state index in [1.807, 2.05) is 0 Å². The third kappa shape index (κ3) is 7.90. The van der Waals surface area contributed by atoms with E-state index in [0.29, 0.717) is 12.6 Å². The largest absolute Gasteiger partial charge is 0.369 e. The van der Waals surface area contributed by atoms with E-state index in [4.69, 9.17) is 5.73 Å². The first-order valence-corrected chi connectivity index (χ1v) is 9.16. The zero-order valence-electron chi connectivity index (χ0n) is 15.8. The molecule has 1 amide bonds. The number of amides is 1. The first kappa shape index (κ1) is 22.7. The minimum atomic E-state index is -0.254. The molecular weight excluding hydrogens is 441 g/mol. The van der Waals surface area contributed by atoms with E-state index in [0.717, 1.165) is 51.3 Å². The Morgan fingerprint density at radius 1 is 1.23 bits per heavy atom. The number of hydrogen-bond donors (Lipinski definition) is 3. The minimum Gasteiger partial charge on any atom is -0.369 e. The van der Waals surface area contributed by atoms with Crippen LogP contribution in [0.4, 0.5) is 0 Å². The predicted molar refractivity (Wildman–Crippen MR) is 118 cm³/mol. The van der Waals surface area contributed by atoms with Crippen molar-refractivity contribution >= 4 is 35.8 Å². The number of primary amides is 1. The number of piperidine rings is 1. The van der Waals surface area contributed by atoms with E-state index in [9.17, 15) is 4.79 Å². The van der Waals surface area contributed by atoms with Crippen LogP contribution < -0.4 is 16.4 Å². The van der Waals surface area contributed by atoms with Crippen molar-refractivity contribution in [2.24, 2.45) is 10.7 Å². The van der Waals surface area contributed by atoms with Gasteiger partial charge in [-0.1, -0.05) is 31.2 Å². The molecule has 0 unspecified atom stereocenters. The second-order valence-corrected chi connectivity index (χ2v) is 6.58. The van der Waals surface area contributed by atoms with Gasteiger partial charge >= 0.3 is 0 Å². The Kier molecular flexibility index (Phi) is 10.6. The molecule has 6 nitrogen and oxygen atoms in total. The molecule has 0 aromatic heterocycles. The van der Waals surface area contributed by atoms with Crippen LogP contribution in [0.3, 0.4) is 0 Å². The molecule has 1 aromatic rings. The van der Waals surface area contributed by atoms with Gasteiger partial charge in [-0.15, -0.1) is 24.0 Å². The van der Waals surface area contributed by atoms with Gasteiger partial charge in [0, 0.05) is 32.7 Å². The maximum atomic E-state index is 11.0. The summed E-state index contributed by atoms with van der Waals surface area (Å²) in [6.07, 6.45) is 4.04. The Morgan fingerprint density at radius 2 is 1.85 bits per heavy atom. The second-order valence-electron chi connectivity index (χ2n) is 6.58. The molecule has 1 aliphatic rings. The van der Waals surface area contributed by atoms with Gasteiger partial charge in [0.25, 0.3) is 0 Å². The number of carbonyl (C=O) groups excluding carboxylic acids is 1. The molecule has 0 bridgehead atoms. The third-order valence-electron chi connectivity index (χ3n) is 4.67. The number of nitrogens with two attached hydrogens (primary N) is 1. The molecule has 0 atom stereocenters. The Morgan fingerprint density at radius 3 is 2.38 bits per heavy atom. The van der Waals surface area contributed by atoms with Gasteiger partial charge in [0.2, 0.25) is 5.91 Å². The number of aryl methyl sites for hydroxylation is 1. The summed E-state index contributed by atoms with van der Waals surface area (Å²) in [6.45, 7) is 5.16. The average Bonchev–Trinajstić information content (AvgIpc) is 2.62. The highest BCUT2D eigenvalue weighted by Gasteiger charge is 2.20. The van der Waals surface area contributed by atoms with Gasteiger partial charge in [-0.3, -0.25) is 14.7 Å². The Labute approximate surface area is 174 Å². The van der Waals surface area contributed by atoms with Crippen LogP contribution in [0, 0.1) is 0 Å². The molecule has 7 heteroatoms. The highest BCUT2D eigenvalue weighted by molar-refractivity contribution is 14.0. The lowest BCUT2D eigenvalue weighted by molar-refractivity contribution is -0.119. The molecule has 1 heterocycles. The SMILES string of the molecule is CCc1ccc(CCNC(=NC)NC2CCN(CC(N)=O)CC2)cc1.I. The lowest BCUT2D eigenvalue weighted by Gasteiger charge is -2.32. The smallest absolute Gasteiger partial charge is 0.231 e. The Balaban J connectivity index is 0.00000338. The molecule has 2 rings (SSSR count). The fraction of sp³-hybridized carbons (Fsp3) is 0.579. The maximum Gasteiger partial charge on any atom is 0.231 e. The number of likely N-dealkylation sites (tertiary alicyclic amines) is 1. The minimum absolute atomic E-state index is 0. The van der Waals surface area contributed by atoms with Crippen LogP contribution in [0.15, 0.2) is 29.3 Å². The zero-order valence-corrected chi connectivity index (χ0v) is 18.2. The van der Waals surface area contributed by atoms with Gasteiger partial charge in [-0.2, -0.15) is 0 Å². The third-order valence-corrected chi connectivity index (χ3v) is 4.67. The van der Waals surface area contributed by atoms with Crippen molar-refractivity contribution in [2.75, 3.05) is 33.2 Å². The number of nitrogens with zero attached hydrogens (tertiary/aromatic N) is 2. The fourth-order valence-corrected chi connectivity index (χ4v) is 3.11. The molecule has 0 aliphatic carbocycles. The fourth-order valence-electron chi connectivity index (χ4n) is 3.11. The van der Waals surface area contributed by atoms with Crippen LogP contribution in [0.1, 0.15) is 30.9 Å². The first-order valence-electron chi connectivity index (χ1n) is 9.16. The van der Waals surface area contributed by atoms with E-state index >= 15 is 0 Å². The number of aliphatic imine (C=N–C) groups is 1. The summed E-state index contributed by atoms with van der Waals surface area (Å²) in [6, 6.07) is 9.18. The quantitative estimate of drug-likeness (QED) is 0.319. The van der Waals surface area contributed by atoms with Crippen molar-refractivity contribution in [3.8, 4) is 0 Å². The summed E-state index contributed by atoms with van der Waals surface area (Å²) in [5.41, 5.74) is 7.96. The molecule has 4 N–H and O–H groups in total. The normalized spacial score (nSPS) is 16.0. The highest BCUT2D eigenvalue weighted by Crippen LogP contribution is 2.09. The van der Waals surface area contributed by atoms with Gasteiger partial charge in [-0.05, 0) is 36.8 Å². The lowest BCUT2D eigenvalue weighted by atomic mass is 10.1. The number of nitrogens with one attached hydrogen (secondary N) is 2. The predicted octanol–water partition coefficient (Wildman–Crippen LogP) is 1.52. The van der Waals surface area contributed by atoms with Crippen molar-refractivity contribution in [2.45, 2.75) is 38.6 Å². The van der Waals surface area contributed by atoms with Gasteiger partial charge in [0.05, 0.1) is 6.54 Å². The van der Waals surface area contributed by atoms with Crippen LogP contribution in [0.25, 0.3) is 0 Å². The molecule has 26 heavy (non-hydrogen) atoms. The summed E-state index contributed by atoms with van der Waals surface area (Å²) in [5.74, 6) is 0.592. The van der Waals surface area contributed by atoms with Gasteiger partial charge in [0.15, 0.2) is 5.96 Å². The van der Waals surface area contributed by atoms with E-state index in [2.05, 4.69) is 51.7 Å². The van der Waals surface area contributed by atoms with Gasteiger partial charge in [0.1, 0.15) is 0 Å². The second kappa shape index (κ2) is 12.1. The number of carbonyl (C=O) groups is 1. The standard InChI is InChI=1S/C19H31N5O.HI/c1-3-15-4-6-16(7-5-15)8-11-22-19(21-2)23-17-9-12-24(13-10-17)14-18(20)25;/h4-7,17H,3,8-14H2,1-2H3,(H2,20,25)(H2,21,22,23);1H. The molecule has 0 radical (unpaired) electrons. The zero-order chi connectivity index (χ0) is 18.1. The summed E-state index contributed by atoms with van der Waals surface area (Å²) in [4.78, 5) is 17.4. The van der Waals surface area contributed by atoms with E-state index in [1.54, 1.807) is 7.05 Å². The van der Waals surface area contributed by atoms with Crippen LogP contribution in [-0.4, -0.2) is 56.0 Å². The van der Waals surface area contributed by atoms with E-state index < -0.39 is 0 Å². The number of halogens is 1. The van der Waals surface area contributed by atoms with Crippen LogP contribution in [0.2, 0.25) is 0 Å². The van der Waals surface area contributed by atoms with Gasteiger partial charge in [-0.25, -0.2) is 0 Å². The lowest BCUT2D eigenvalue weighted by Crippen LogP contribution is -2.50.